The largest absolute Gasteiger partial charge is 0.417 e. The van der Waals surface area contributed by atoms with Crippen molar-refractivity contribution in [2.75, 3.05) is 18.4 Å². The highest BCUT2D eigenvalue weighted by atomic mass is 16.4. The molecule has 0 atom stereocenters. The molecule has 0 saturated heterocycles. The number of aromatic amines is 1. The third-order valence-electron chi connectivity index (χ3n) is 3.48. The van der Waals surface area contributed by atoms with E-state index in [0.717, 1.165) is 24.3 Å². The third kappa shape index (κ3) is 1.93. The van der Waals surface area contributed by atoms with Gasteiger partial charge in [0.15, 0.2) is 5.58 Å². The van der Waals surface area contributed by atoms with Gasteiger partial charge in [-0.2, -0.15) is 0 Å². The van der Waals surface area contributed by atoms with E-state index in [1.165, 1.54) is 12.8 Å². The Balaban J connectivity index is 1.78. The Morgan fingerprint density at radius 3 is 3.00 bits per heavy atom. The van der Waals surface area contributed by atoms with Gasteiger partial charge in [0.2, 0.25) is 0 Å². The lowest BCUT2D eigenvalue weighted by Gasteiger charge is -2.14. The lowest BCUT2D eigenvalue weighted by atomic mass is 10.1. The van der Waals surface area contributed by atoms with E-state index in [4.69, 9.17) is 10.2 Å². The molecule has 1 aliphatic carbocycles. The summed E-state index contributed by atoms with van der Waals surface area (Å²) >= 11 is 0. The molecular formula is C12H15N3O2. The van der Waals surface area contributed by atoms with Gasteiger partial charge in [-0.15, -0.1) is 0 Å². The van der Waals surface area contributed by atoms with Crippen LogP contribution in [0.3, 0.4) is 0 Å². The van der Waals surface area contributed by atoms with Crippen molar-refractivity contribution in [2.45, 2.75) is 12.8 Å². The van der Waals surface area contributed by atoms with Gasteiger partial charge < -0.3 is 15.5 Å². The number of hydrogen-bond acceptors (Lipinski definition) is 4. The fourth-order valence-electron chi connectivity index (χ4n) is 1.98. The van der Waals surface area contributed by atoms with E-state index < -0.39 is 5.76 Å². The van der Waals surface area contributed by atoms with Crippen LogP contribution in [-0.2, 0) is 0 Å². The Hall–Kier alpha value is -1.75. The Morgan fingerprint density at radius 1 is 1.47 bits per heavy atom. The van der Waals surface area contributed by atoms with E-state index in [1.807, 2.05) is 12.1 Å². The van der Waals surface area contributed by atoms with Crippen molar-refractivity contribution in [3.05, 3.63) is 28.7 Å². The molecule has 1 heterocycles. The lowest BCUT2D eigenvalue weighted by Crippen LogP contribution is -2.24. The molecular weight excluding hydrogens is 218 g/mol. The Kier molecular flexibility index (Phi) is 2.22. The lowest BCUT2D eigenvalue weighted by molar-refractivity contribution is 0.554. The van der Waals surface area contributed by atoms with Crippen LogP contribution in [0.2, 0.25) is 0 Å². The fourth-order valence-corrected chi connectivity index (χ4v) is 1.98. The smallest absolute Gasteiger partial charge is 0.408 e. The molecule has 3 rings (SSSR count). The van der Waals surface area contributed by atoms with Gasteiger partial charge in [0.05, 0.1) is 5.52 Å². The first-order valence-electron chi connectivity index (χ1n) is 5.78. The molecule has 0 bridgehead atoms. The van der Waals surface area contributed by atoms with Crippen LogP contribution in [0.15, 0.2) is 27.4 Å². The molecule has 1 aromatic heterocycles. The average Bonchev–Trinajstić information content (AvgIpc) is 3.01. The maximum atomic E-state index is 11.0. The molecule has 2 aromatic rings. The highest BCUT2D eigenvalue weighted by molar-refractivity contribution is 5.76. The molecule has 0 unspecified atom stereocenters. The molecule has 0 amide bonds. The standard InChI is InChI=1S/C12H15N3O2/c13-6-12(3-4-12)7-14-8-1-2-10-9(5-8)15-11(16)17-10/h1-2,5,14H,3-4,6-7,13H2,(H,15,16). The first kappa shape index (κ1) is 10.4. The quantitative estimate of drug-likeness (QED) is 0.742. The van der Waals surface area contributed by atoms with Crippen molar-refractivity contribution < 1.29 is 4.42 Å². The summed E-state index contributed by atoms with van der Waals surface area (Å²) < 4.78 is 4.94. The first-order valence-corrected chi connectivity index (χ1v) is 5.78. The zero-order valence-electron chi connectivity index (χ0n) is 9.45. The molecule has 0 spiro atoms. The summed E-state index contributed by atoms with van der Waals surface area (Å²) in [5, 5.41) is 3.36. The van der Waals surface area contributed by atoms with E-state index in [2.05, 4.69) is 10.3 Å². The SMILES string of the molecule is NCC1(CNc2ccc3oc(=O)[nH]c3c2)CC1. The summed E-state index contributed by atoms with van der Waals surface area (Å²) in [6.07, 6.45) is 2.39. The minimum Gasteiger partial charge on any atom is -0.408 e. The van der Waals surface area contributed by atoms with Gasteiger partial charge in [-0.1, -0.05) is 0 Å². The predicted octanol–water partition coefficient (Wildman–Crippen LogP) is 1.27. The second kappa shape index (κ2) is 3.63. The molecule has 4 N–H and O–H groups in total. The molecule has 1 aliphatic rings. The van der Waals surface area contributed by atoms with Crippen molar-refractivity contribution in [3.8, 4) is 0 Å². The van der Waals surface area contributed by atoms with Crippen molar-refractivity contribution in [2.24, 2.45) is 11.1 Å². The van der Waals surface area contributed by atoms with Gasteiger partial charge in [0.1, 0.15) is 0 Å². The third-order valence-corrected chi connectivity index (χ3v) is 3.48. The molecule has 5 heteroatoms. The van der Waals surface area contributed by atoms with Crippen LogP contribution in [0.25, 0.3) is 11.1 Å². The minimum absolute atomic E-state index is 0.290. The normalized spacial score (nSPS) is 17.2. The summed E-state index contributed by atoms with van der Waals surface area (Å²) in [7, 11) is 0. The average molecular weight is 233 g/mol. The summed E-state index contributed by atoms with van der Waals surface area (Å²) in [4.78, 5) is 13.7. The highest BCUT2D eigenvalue weighted by Gasteiger charge is 2.40. The van der Waals surface area contributed by atoms with Crippen LogP contribution in [0.4, 0.5) is 5.69 Å². The Bertz CT molecular complexity index is 595. The molecule has 17 heavy (non-hydrogen) atoms. The van der Waals surface area contributed by atoms with Gasteiger partial charge in [-0.25, -0.2) is 4.79 Å². The van der Waals surface area contributed by atoms with Crippen molar-refractivity contribution >= 4 is 16.8 Å². The number of benzene rings is 1. The monoisotopic (exact) mass is 233 g/mol. The molecule has 5 nitrogen and oxygen atoms in total. The van der Waals surface area contributed by atoms with Crippen LogP contribution in [0.5, 0.6) is 0 Å². The number of oxazole rings is 1. The number of H-pyrrole nitrogens is 1. The minimum atomic E-state index is -0.419. The maximum absolute atomic E-state index is 11.0. The molecule has 0 aliphatic heterocycles. The van der Waals surface area contributed by atoms with Gasteiger partial charge in [-0.3, -0.25) is 4.98 Å². The highest BCUT2D eigenvalue weighted by Crippen LogP contribution is 2.44. The topological polar surface area (TPSA) is 84.0 Å². The van der Waals surface area contributed by atoms with Gasteiger partial charge in [0, 0.05) is 12.2 Å². The molecule has 1 saturated carbocycles. The number of nitrogens with two attached hydrogens (primary N) is 1. The van der Waals surface area contributed by atoms with E-state index in [-0.39, 0.29) is 0 Å². The number of hydrogen-bond donors (Lipinski definition) is 3. The van der Waals surface area contributed by atoms with E-state index >= 15 is 0 Å². The Morgan fingerprint density at radius 2 is 2.29 bits per heavy atom. The van der Waals surface area contributed by atoms with Crippen molar-refractivity contribution in [3.63, 3.8) is 0 Å². The van der Waals surface area contributed by atoms with Crippen LogP contribution < -0.4 is 16.8 Å². The van der Waals surface area contributed by atoms with Crippen molar-refractivity contribution in [1.29, 1.82) is 0 Å². The second-order valence-corrected chi connectivity index (χ2v) is 4.78. The van der Waals surface area contributed by atoms with E-state index in [1.54, 1.807) is 6.07 Å². The summed E-state index contributed by atoms with van der Waals surface area (Å²) in [6, 6.07) is 5.58. The van der Waals surface area contributed by atoms with E-state index in [9.17, 15) is 4.79 Å². The second-order valence-electron chi connectivity index (χ2n) is 4.78. The molecule has 1 aromatic carbocycles. The van der Waals surface area contributed by atoms with Crippen LogP contribution in [0.1, 0.15) is 12.8 Å². The Labute approximate surface area is 98.0 Å². The number of nitrogens with one attached hydrogen (secondary N) is 2. The molecule has 1 fully saturated rings. The zero-order chi connectivity index (χ0) is 11.9. The van der Waals surface area contributed by atoms with Crippen LogP contribution in [-0.4, -0.2) is 18.1 Å². The predicted molar refractivity (Wildman–Crippen MR) is 66.0 cm³/mol. The number of aromatic nitrogens is 1. The molecule has 0 radical (unpaired) electrons. The van der Waals surface area contributed by atoms with Gasteiger partial charge in [0.25, 0.3) is 0 Å². The summed E-state index contributed by atoms with van der Waals surface area (Å²) in [5.74, 6) is -0.419. The van der Waals surface area contributed by atoms with Crippen molar-refractivity contribution in [1.82, 2.24) is 4.98 Å². The van der Waals surface area contributed by atoms with Gasteiger partial charge >= 0.3 is 5.76 Å². The molecule has 90 valence electrons. The first-order chi connectivity index (χ1) is 8.21. The number of rotatable bonds is 4. The van der Waals surface area contributed by atoms with Crippen LogP contribution >= 0.6 is 0 Å². The van der Waals surface area contributed by atoms with Gasteiger partial charge in [-0.05, 0) is 43.0 Å². The number of fused-ring (bicyclic) bond motifs is 1. The maximum Gasteiger partial charge on any atom is 0.417 e. The summed E-state index contributed by atoms with van der Waals surface area (Å²) in [5.41, 5.74) is 8.30. The summed E-state index contributed by atoms with van der Waals surface area (Å²) in [6.45, 7) is 1.61. The van der Waals surface area contributed by atoms with Crippen LogP contribution in [0, 0.1) is 5.41 Å². The fraction of sp³-hybridized carbons (Fsp3) is 0.417. The number of anilines is 1. The van der Waals surface area contributed by atoms with E-state index in [0.29, 0.717) is 11.0 Å². The zero-order valence-corrected chi connectivity index (χ0v) is 9.45.